The molecule has 0 saturated carbocycles. The predicted molar refractivity (Wildman–Crippen MR) is 81.7 cm³/mol. The van der Waals surface area contributed by atoms with Gasteiger partial charge < -0.3 is 5.32 Å². The first kappa shape index (κ1) is 14.3. The lowest BCUT2D eigenvalue weighted by atomic mass is 10.0. The van der Waals surface area contributed by atoms with Gasteiger partial charge in [-0.2, -0.15) is 16.4 Å². The van der Waals surface area contributed by atoms with E-state index in [1.54, 1.807) is 11.3 Å². The van der Waals surface area contributed by atoms with E-state index in [4.69, 9.17) is 0 Å². The fourth-order valence-electron chi connectivity index (χ4n) is 2.26. The first-order valence-corrected chi connectivity index (χ1v) is 7.96. The van der Waals surface area contributed by atoms with Crippen molar-refractivity contribution in [3.05, 3.63) is 39.8 Å². The van der Waals surface area contributed by atoms with Crippen LogP contribution >= 0.6 is 11.3 Å². The Balaban J connectivity index is 2.11. The Morgan fingerprint density at radius 2 is 2.21 bits per heavy atom. The number of thiophene rings is 1. The van der Waals surface area contributed by atoms with Crippen LogP contribution in [0.3, 0.4) is 0 Å². The first-order chi connectivity index (χ1) is 9.24. The second kappa shape index (κ2) is 6.87. The molecule has 1 atom stereocenters. The zero-order valence-corrected chi connectivity index (χ0v) is 12.8. The van der Waals surface area contributed by atoms with Crippen molar-refractivity contribution < 1.29 is 0 Å². The van der Waals surface area contributed by atoms with Crippen LogP contribution in [-0.4, -0.2) is 16.3 Å². The molecule has 2 aromatic rings. The summed E-state index contributed by atoms with van der Waals surface area (Å²) < 4.78 is 1.99. The van der Waals surface area contributed by atoms with Crippen molar-refractivity contribution in [3.63, 3.8) is 0 Å². The van der Waals surface area contributed by atoms with Crippen molar-refractivity contribution in [3.8, 4) is 0 Å². The van der Waals surface area contributed by atoms with Crippen LogP contribution in [0, 0.1) is 6.92 Å². The Morgan fingerprint density at radius 1 is 1.37 bits per heavy atom. The van der Waals surface area contributed by atoms with E-state index >= 15 is 0 Å². The lowest BCUT2D eigenvalue weighted by Gasteiger charge is -2.18. The van der Waals surface area contributed by atoms with Gasteiger partial charge in [-0.15, -0.1) is 0 Å². The minimum atomic E-state index is 0.403. The molecule has 19 heavy (non-hydrogen) atoms. The number of hydrogen-bond acceptors (Lipinski definition) is 3. The smallest absolute Gasteiger partial charge is 0.0522 e. The summed E-state index contributed by atoms with van der Waals surface area (Å²) in [7, 11) is 0. The molecule has 0 aliphatic heterocycles. The maximum atomic E-state index is 4.36. The van der Waals surface area contributed by atoms with Crippen LogP contribution in [0.1, 0.15) is 43.0 Å². The van der Waals surface area contributed by atoms with E-state index in [2.05, 4.69) is 48.1 Å². The zero-order chi connectivity index (χ0) is 13.7. The van der Waals surface area contributed by atoms with Crippen LogP contribution in [0.25, 0.3) is 0 Å². The van der Waals surface area contributed by atoms with Gasteiger partial charge in [0.2, 0.25) is 0 Å². The van der Waals surface area contributed by atoms with Crippen molar-refractivity contribution in [1.82, 2.24) is 15.1 Å². The van der Waals surface area contributed by atoms with Crippen molar-refractivity contribution in [2.75, 3.05) is 6.54 Å². The minimum absolute atomic E-state index is 0.403. The second-order valence-corrected chi connectivity index (χ2v) is 5.67. The number of nitrogens with one attached hydrogen (secondary N) is 1. The number of nitrogens with zero attached hydrogens (tertiary/aromatic N) is 2. The molecule has 0 radical (unpaired) electrons. The van der Waals surface area contributed by atoms with E-state index in [0.717, 1.165) is 25.9 Å². The molecule has 0 bridgehead atoms. The van der Waals surface area contributed by atoms with Gasteiger partial charge in [0.15, 0.2) is 0 Å². The predicted octanol–water partition coefficient (Wildman–Crippen LogP) is 3.56. The number of hydrogen-bond donors (Lipinski definition) is 1. The van der Waals surface area contributed by atoms with Crippen LogP contribution < -0.4 is 5.32 Å². The largest absolute Gasteiger partial charge is 0.310 e. The highest BCUT2D eigenvalue weighted by Crippen LogP contribution is 2.25. The number of rotatable bonds is 7. The lowest BCUT2D eigenvalue weighted by molar-refractivity contribution is 0.528. The fraction of sp³-hybridized carbons (Fsp3) is 0.533. The molecule has 2 aromatic heterocycles. The highest BCUT2D eigenvalue weighted by molar-refractivity contribution is 7.08. The molecule has 2 rings (SSSR count). The Kier molecular flexibility index (Phi) is 5.16. The third-order valence-corrected chi connectivity index (χ3v) is 4.24. The van der Waals surface area contributed by atoms with Gasteiger partial charge >= 0.3 is 0 Å². The fourth-order valence-corrected chi connectivity index (χ4v) is 3.16. The standard InChI is InChI=1S/C15H23N3S/c1-4-6-16-15(14-11-19-10-12(14)3)7-13-8-17-18(5-2)9-13/h8-11,15-16H,4-7H2,1-3H3. The SMILES string of the molecule is CCCNC(Cc1cnn(CC)c1)c1cscc1C. The van der Waals surface area contributed by atoms with Gasteiger partial charge in [-0.3, -0.25) is 4.68 Å². The third kappa shape index (κ3) is 3.67. The van der Waals surface area contributed by atoms with Crippen LogP contribution in [0.5, 0.6) is 0 Å². The van der Waals surface area contributed by atoms with Crippen LogP contribution in [0.15, 0.2) is 23.2 Å². The summed E-state index contributed by atoms with van der Waals surface area (Å²) in [6, 6.07) is 0.403. The van der Waals surface area contributed by atoms with E-state index in [-0.39, 0.29) is 0 Å². The quantitative estimate of drug-likeness (QED) is 0.838. The summed E-state index contributed by atoms with van der Waals surface area (Å²) >= 11 is 1.79. The van der Waals surface area contributed by atoms with Crippen molar-refractivity contribution in [2.24, 2.45) is 0 Å². The van der Waals surface area contributed by atoms with E-state index in [9.17, 15) is 0 Å². The van der Waals surface area contributed by atoms with Gasteiger partial charge in [0.05, 0.1) is 6.20 Å². The van der Waals surface area contributed by atoms with Gasteiger partial charge in [-0.1, -0.05) is 6.92 Å². The maximum Gasteiger partial charge on any atom is 0.0522 e. The summed E-state index contributed by atoms with van der Waals surface area (Å²) in [6.45, 7) is 8.51. The highest BCUT2D eigenvalue weighted by Gasteiger charge is 2.15. The van der Waals surface area contributed by atoms with Crippen LogP contribution in [0.4, 0.5) is 0 Å². The average Bonchev–Trinajstić information content (AvgIpc) is 3.03. The van der Waals surface area contributed by atoms with E-state index in [1.807, 2.05) is 10.9 Å². The highest BCUT2D eigenvalue weighted by atomic mass is 32.1. The monoisotopic (exact) mass is 277 g/mol. The molecule has 2 heterocycles. The molecule has 0 fully saturated rings. The Hall–Kier alpha value is -1.13. The molecule has 1 unspecified atom stereocenters. The van der Waals surface area contributed by atoms with Crippen LogP contribution in [0.2, 0.25) is 0 Å². The summed E-state index contributed by atoms with van der Waals surface area (Å²) in [5, 5.41) is 12.5. The molecule has 0 aromatic carbocycles. The summed E-state index contributed by atoms with van der Waals surface area (Å²) in [5.74, 6) is 0. The van der Waals surface area contributed by atoms with Crippen molar-refractivity contribution >= 4 is 11.3 Å². The Bertz CT molecular complexity index is 501. The molecule has 0 amide bonds. The normalized spacial score (nSPS) is 12.8. The molecule has 0 aliphatic carbocycles. The molecule has 1 N–H and O–H groups in total. The summed E-state index contributed by atoms with van der Waals surface area (Å²) in [4.78, 5) is 0. The molecule has 0 aliphatic rings. The summed E-state index contributed by atoms with van der Waals surface area (Å²) in [6.07, 6.45) is 6.32. The molecular formula is C15H23N3S. The molecule has 0 saturated heterocycles. The molecule has 3 nitrogen and oxygen atoms in total. The van der Waals surface area contributed by atoms with E-state index in [1.165, 1.54) is 16.7 Å². The number of aryl methyl sites for hydroxylation is 2. The van der Waals surface area contributed by atoms with Crippen LogP contribution in [-0.2, 0) is 13.0 Å². The van der Waals surface area contributed by atoms with Crippen molar-refractivity contribution in [1.29, 1.82) is 0 Å². The van der Waals surface area contributed by atoms with Gasteiger partial charge in [-0.25, -0.2) is 0 Å². The molecule has 0 spiro atoms. The molecule has 4 heteroatoms. The van der Waals surface area contributed by atoms with E-state index in [0.29, 0.717) is 6.04 Å². The van der Waals surface area contributed by atoms with Gasteiger partial charge in [0, 0.05) is 18.8 Å². The molecular weight excluding hydrogens is 254 g/mol. The average molecular weight is 277 g/mol. The number of aromatic nitrogens is 2. The lowest BCUT2D eigenvalue weighted by Crippen LogP contribution is -2.24. The summed E-state index contributed by atoms with van der Waals surface area (Å²) in [5.41, 5.74) is 4.13. The maximum absolute atomic E-state index is 4.36. The van der Waals surface area contributed by atoms with Gasteiger partial charge in [0.1, 0.15) is 0 Å². The third-order valence-electron chi connectivity index (χ3n) is 3.36. The van der Waals surface area contributed by atoms with Gasteiger partial charge in [0.25, 0.3) is 0 Å². The Morgan fingerprint density at radius 3 is 2.79 bits per heavy atom. The van der Waals surface area contributed by atoms with Gasteiger partial charge in [-0.05, 0) is 60.7 Å². The topological polar surface area (TPSA) is 29.9 Å². The van der Waals surface area contributed by atoms with Crippen molar-refractivity contribution in [2.45, 2.75) is 46.2 Å². The Labute approximate surface area is 119 Å². The minimum Gasteiger partial charge on any atom is -0.310 e. The first-order valence-electron chi connectivity index (χ1n) is 7.02. The zero-order valence-electron chi connectivity index (χ0n) is 12.0. The molecule has 104 valence electrons. The van der Waals surface area contributed by atoms with E-state index < -0.39 is 0 Å². The second-order valence-electron chi connectivity index (χ2n) is 4.93.